The van der Waals surface area contributed by atoms with Crippen molar-refractivity contribution in [3.63, 3.8) is 0 Å². The standard InChI is InChI=1S/C37H50N8O/c1-6-29(2)45-30(3)44(28-40-45)35-18-16-34(17-19-35)43-23-21-42(22-24-43)33-14-12-31(13-15-33)10-11-32-25-37(46-26-32,27-41(5)38-4)36-9-7-8-20-39-36/h7-9,12-20,28-29,32,38H,3,6,10-11,21-27H2,1-2,4-5H3. The Hall–Kier alpha value is -3.92. The van der Waals surface area contributed by atoms with Crippen LogP contribution in [0.2, 0.25) is 0 Å². The molecule has 3 aromatic rings. The van der Waals surface area contributed by atoms with Crippen LogP contribution in [0.5, 0.6) is 0 Å². The van der Waals surface area contributed by atoms with Crippen LogP contribution in [-0.4, -0.2) is 80.8 Å². The highest BCUT2D eigenvalue weighted by molar-refractivity contribution is 5.85. The summed E-state index contributed by atoms with van der Waals surface area (Å²) in [5.41, 5.74) is 8.94. The Morgan fingerprint density at radius 3 is 2.24 bits per heavy atom. The Morgan fingerprint density at radius 2 is 1.63 bits per heavy atom. The molecule has 3 aliphatic rings. The number of aromatic nitrogens is 1. The van der Waals surface area contributed by atoms with E-state index in [2.05, 4.69) is 123 Å². The van der Waals surface area contributed by atoms with Crippen LogP contribution in [0.15, 0.2) is 90.4 Å². The van der Waals surface area contributed by atoms with Crippen LogP contribution in [0.4, 0.5) is 17.1 Å². The zero-order valence-corrected chi connectivity index (χ0v) is 28.0. The molecule has 1 aromatic heterocycles. The van der Waals surface area contributed by atoms with Crippen LogP contribution >= 0.6 is 0 Å². The number of aryl methyl sites for hydroxylation is 1. The predicted octanol–water partition coefficient (Wildman–Crippen LogP) is 5.67. The van der Waals surface area contributed by atoms with Crippen LogP contribution in [-0.2, 0) is 16.8 Å². The molecule has 9 heteroatoms. The molecule has 0 radical (unpaired) electrons. The molecule has 0 bridgehead atoms. The number of hydrazine groups is 1. The fourth-order valence-corrected chi connectivity index (χ4v) is 6.91. The maximum absolute atomic E-state index is 6.52. The minimum atomic E-state index is -0.370. The summed E-state index contributed by atoms with van der Waals surface area (Å²) >= 11 is 0. The Balaban J connectivity index is 0.983. The first kappa shape index (κ1) is 32.0. The number of likely N-dealkylation sites (N-methyl/N-ethyl adjacent to an activating group) is 1. The first-order chi connectivity index (χ1) is 22.4. The second kappa shape index (κ2) is 14.2. The van der Waals surface area contributed by atoms with Gasteiger partial charge < -0.3 is 14.5 Å². The van der Waals surface area contributed by atoms with Crippen molar-refractivity contribution in [1.29, 1.82) is 0 Å². The summed E-state index contributed by atoms with van der Waals surface area (Å²) in [5, 5.41) is 8.66. The lowest BCUT2D eigenvalue weighted by Gasteiger charge is -2.37. The van der Waals surface area contributed by atoms with Crippen molar-refractivity contribution < 1.29 is 4.74 Å². The monoisotopic (exact) mass is 622 g/mol. The van der Waals surface area contributed by atoms with E-state index in [1.807, 2.05) is 30.7 Å². The number of hydrazone groups is 1. The summed E-state index contributed by atoms with van der Waals surface area (Å²) in [5.74, 6) is 1.42. The highest BCUT2D eigenvalue weighted by atomic mass is 16.5. The van der Waals surface area contributed by atoms with Crippen molar-refractivity contribution >= 4 is 23.4 Å². The summed E-state index contributed by atoms with van der Waals surface area (Å²) in [6.07, 6.45) is 7.93. The largest absolute Gasteiger partial charge is 0.368 e. The highest BCUT2D eigenvalue weighted by Crippen LogP contribution is 2.40. The van der Waals surface area contributed by atoms with E-state index < -0.39 is 0 Å². The number of anilines is 3. The molecule has 2 fully saturated rings. The molecule has 0 aliphatic carbocycles. The molecule has 3 aliphatic heterocycles. The molecule has 2 saturated heterocycles. The Labute approximate surface area is 275 Å². The van der Waals surface area contributed by atoms with E-state index >= 15 is 0 Å². The van der Waals surface area contributed by atoms with Gasteiger partial charge in [0.1, 0.15) is 17.8 Å². The smallest absolute Gasteiger partial charge is 0.128 e. The Kier molecular flexibility index (Phi) is 9.92. The average Bonchev–Trinajstić information content (AvgIpc) is 3.71. The van der Waals surface area contributed by atoms with Gasteiger partial charge in [-0.3, -0.25) is 15.3 Å². The molecule has 4 heterocycles. The molecule has 46 heavy (non-hydrogen) atoms. The third-order valence-electron chi connectivity index (χ3n) is 9.98. The Bertz CT molecular complexity index is 1450. The van der Waals surface area contributed by atoms with E-state index in [4.69, 9.17) is 4.74 Å². The van der Waals surface area contributed by atoms with Crippen LogP contribution in [0, 0.1) is 5.92 Å². The minimum absolute atomic E-state index is 0.336. The lowest BCUT2D eigenvalue weighted by molar-refractivity contribution is -0.0345. The normalized spacial score (nSPS) is 22.4. The topological polar surface area (TPSA) is 62.7 Å². The highest BCUT2D eigenvalue weighted by Gasteiger charge is 2.43. The third-order valence-corrected chi connectivity index (χ3v) is 9.98. The lowest BCUT2D eigenvalue weighted by atomic mass is 9.87. The van der Waals surface area contributed by atoms with Gasteiger partial charge in [0.2, 0.25) is 0 Å². The fourth-order valence-electron chi connectivity index (χ4n) is 6.91. The third kappa shape index (κ3) is 6.92. The molecule has 1 N–H and O–H groups in total. The molecule has 3 unspecified atom stereocenters. The number of benzene rings is 2. The van der Waals surface area contributed by atoms with Gasteiger partial charge in [-0.05, 0) is 99.7 Å². The number of hydrogen-bond acceptors (Lipinski definition) is 9. The molecule has 9 nitrogen and oxygen atoms in total. The lowest BCUT2D eigenvalue weighted by Crippen LogP contribution is -2.46. The molecule has 244 valence electrons. The molecular weight excluding hydrogens is 572 g/mol. The van der Waals surface area contributed by atoms with Gasteiger partial charge in [-0.2, -0.15) is 5.10 Å². The first-order valence-corrected chi connectivity index (χ1v) is 16.8. The van der Waals surface area contributed by atoms with Crippen molar-refractivity contribution in [1.82, 2.24) is 20.4 Å². The SMILES string of the molecule is C=C1N(c2ccc(N3CCN(c4ccc(CCC5COC(CN(C)NC)(c6ccccn6)C5)cc4)CC3)cc2)C=NN1C(C)CC. The van der Waals surface area contributed by atoms with Crippen molar-refractivity contribution in [2.24, 2.45) is 11.0 Å². The average molecular weight is 623 g/mol. The summed E-state index contributed by atoms with van der Waals surface area (Å²) in [6, 6.07) is 24.5. The molecule has 0 saturated carbocycles. The number of nitrogens with zero attached hydrogens (tertiary/aromatic N) is 7. The van der Waals surface area contributed by atoms with Crippen LogP contribution in [0.25, 0.3) is 0 Å². The number of rotatable bonds is 12. The summed E-state index contributed by atoms with van der Waals surface area (Å²) < 4.78 is 6.52. The van der Waals surface area contributed by atoms with Crippen molar-refractivity contribution in [3.05, 3.63) is 96.6 Å². The second-order valence-electron chi connectivity index (χ2n) is 13.0. The number of nitrogens with one attached hydrogen (secondary N) is 1. The zero-order valence-electron chi connectivity index (χ0n) is 28.0. The summed E-state index contributed by atoms with van der Waals surface area (Å²) in [6.45, 7) is 14.2. The van der Waals surface area contributed by atoms with Gasteiger partial charge in [0.05, 0.1) is 18.3 Å². The molecule has 0 spiro atoms. The van der Waals surface area contributed by atoms with Gasteiger partial charge in [0.15, 0.2) is 0 Å². The van der Waals surface area contributed by atoms with E-state index in [1.165, 1.54) is 16.9 Å². The van der Waals surface area contributed by atoms with E-state index in [0.717, 1.165) is 82.2 Å². The predicted molar refractivity (Wildman–Crippen MR) is 189 cm³/mol. The number of hydrogen-bond donors (Lipinski definition) is 1. The van der Waals surface area contributed by atoms with E-state index in [-0.39, 0.29) is 5.60 Å². The van der Waals surface area contributed by atoms with Gasteiger partial charge in [0.25, 0.3) is 0 Å². The zero-order chi connectivity index (χ0) is 32.1. The van der Waals surface area contributed by atoms with Crippen LogP contribution in [0.1, 0.15) is 44.4 Å². The summed E-state index contributed by atoms with van der Waals surface area (Å²) in [4.78, 5) is 11.7. The molecule has 0 amide bonds. The maximum atomic E-state index is 6.52. The van der Waals surface area contributed by atoms with Gasteiger partial charge in [-0.25, -0.2) is 10.0 Å². The second-order valence-corrected chi connectivity index (χ2v) is 13.0. The van der Waals surface area contributed by atoms with E-state index in [1.54, 1.807) is 0 Å². The van der Waals surface area contributed by atoms with Crippen molar-refractivity contribution in [2.75, 3.05) is 68.1 Å². The van der Waals surface area contributed by atoms with E-state index in [0.29, 0.717) is 12.0 Å². The number of pyridine rings is 1. The van der Waals surface area contributed by atoms with Crippen LogP contribution < -0.4 is 20.1 Å². The first-order valence-electron chi connectivity index (χ1n) is 16.8. The van der Waals surface area contributed by atoms with Gasteiger partial charge in [-0.15, -0.1) is 0 Å². The molecule has 3 atom stereocenters. The maximum Gasteiger partial charge on any atom is 0.128 e. The van der Waals surface area contributed by atoms with Crippen LogP contribution in [0.3, 0.4) is 0 Å². The molecular formula is C37H50N8O. The molecule has 2 aromatic carbocycles. The quantitative estimate of drug-likeness (QED) is 0.259. The number of piperazine rings is 1. The summed E-state index contributed by atoms with van der Waals surface area (Å²) in [7, 11) is 4.01. The van der Waals surface area contributed by atoms with E-state index in [9.17, 15) is 0 Å². The Morgan fingerprint density at radius 1 is 0.978 bits per heavy atom. The van der Waals surface area contributed by atoms with Crippen molar-refractivity contribution in [3.8, 4) is 0 Å². The minimum Gasteiger partial charge on any atom is -0.368 e. The van der Waals surface area contributed by atoms with Gasteiger partial charge in [0, 0.05) is 63.0 Å². The molecule has 6 rings (SSSR count). The van der Waals surface area contributed by atoms with Gasteiger partial charge in [-0.1, -0.05) is 31.7 Å². The fraction of sp³-hybridized carbons (Fsp3) is 0.459. The van der Waals surface area contributed by atoms with Gasteiger partial charge >= 0.3 is 0 Å². The van der Waals surface area contributed by atoms with Crippen molar-refractivity contribution in [2.45, 2.75) is 51.2 Å². The number of ether oxygens (including phenoxy) is 1.